The van der Waals surface area contributed by atoms with Crippen LogP contribution >= 0.6 is 0 Å². The lowest BCUT2D eigenvalue weighted by Gasteiger charge is -2.34. The normalized spacial score (nSPS) is 15.1. The molecule has 0 aliphatic heterocycles. The Balaban J connectivity index is 1.99. The standard InChI is InChI=1S/C30H31F6NO4/c1-20(22-14-24(29(31,32)33)16-25(15-22)30(34,35)36)41-19-28(13-12-26(38)17-37,23-10-6-3-7-11-23)27(39)40-18-21-8-4-2-5-9-21/h2-11,14-16,20,26,38H,12-13,17-19,37H2,1H3/t20-,26?,28-/m1/s1. The van der Waals surface area contributed by atoms with E-state index < -0.39 is 53.7 Å². The summed E-state index contributed by atoms with van der Waals surface area (Å²) in [4.78, 5) is 13.7. The van der Waals surface area contributed by atoms with Gasteiger partial charge in [0.15, 0.2) is 0 Å². The van der Waals surface area contributed by atoms with Gasteiger partial charge in [0.25, 0.3) is 0 Å². The van der Waals surface area contributed by atoms with E-state index in [4.69, 9.17) is 15.2 Å². The number of nitrogens with two attached hydrogens (primary N) is 1. The van der Waals surface area contributed by atoms with Gasteiger partial charge in [-0.25, -0.2) is 0 Å². The molecule has 0 aliphatic rings. The smallest absolute Gasteiger partial charge is 0.416 e. The van der Waals surface area contributed by atoms with Crippen LogP contribution in [0.2, 0.25) is 0 Å². The van der Waals surface area contributed by atoms with Crippen molar-refractivity contribution in [2.75, 3.05) is 13.2 Å². The third kappa shape index (κ3) is 8.54. The highest BCUT2D eigenvalue weighted by Gasteiger charge is 2.43. The van der Waals surface area contributed by atoms with E-state index in [0.717, 1.165) is 0 Å². The van der Waals surface area contributed by atoms with Crippen LogP contribution < -0.4 is 5.73 Å². The first-order valence-electron chi connectivity index (χ1n) is 12.8. The third-order valence-corrected chi connectivity index (χ3v) is 6.77. The van der Waals surface area contributed by atoms with Gasteiger partial charge in [0.2, 0.25) is 0 Å². The zero-order chi connectivity index (χ0) is 30.3. The molecule has 5 nitrogen and oxygen atoms in total. The van der Waals surface area contributed by atoms with Crippen LogP contribution in [0.15, 0.2) is 78.9 Å². The molecule has 0 aromatic heterocycles. The highest BCUT2D eigenvalue weighted by Crippen LogP contribution is 2.39. The molecule has 0 bridgehead atoms. The lowest BCUT2D eigenvalue weighted by atomic mass is 9.76. The van der Waals surface area contributed by atoms with Crippen LogP contribution in [0.1, 0.15) is 53.7 Å². The number of aliphatic hydroxyl groups excluding tert-OH is 1. The summed E-state index contributed by atoms with van der Waals surface area (Å²) in [7, 11) is 0. The molecular formula is C30H31F6NO4. The number of alkyl halides is 6. The van der Waals surface area contributed by atoms with E-state index in [9.17, 15) is 36.2 Å². The Bertz CT molecular complexity index is 1240. The Labute approximate surface area is 233 Å². The number of esters is 1. The van der Waals surface area contributed by atoms with Crippen LogP contribution in [0.5, 0.6) is 0 Å². The molecule has 0 radical (unpaired) electrons. The van der Waals surface area contributed by atoms with Crippen molar-refractivity contribution in [2.24, 2.45) is 5.73 Å². The van der Waals surface area contributed by atoms with Crippen LogP contribution in [0.4, 0.5) is 26.3 Å². The molecule has 11 heteroatoms. The average Bonchev–Trinajstić information content (AvgIpc) is 2.95. The molecule has 3 atom stereocenters. The first-order chi connectivity index (χ1) is 19.3. The van der Waals surface area contributed by atoms with Crippen molar-refractivity contribution in [3.8, 4) is 0 Å². The molecule has 41 heavy (non-hydrogen) atoms. The van der Waals surface area contributed by atoms with E-state index >= 15 is 0 Å². The second kappa shape index (κ2) is 13.5. The Hall–Kier alpha value is -3.41. The number of carbonyl (C=O) groups is 1. The number of hydrogen-bond donors (Lipinski definition) is 2. The van der Waals surface area contributed by atoms with Gasteiger partial charge in [0.05, 0.1) is 29.9 Å². The predicted octanol–water partition coefficient (Wildman–Crippen LogP) is 6.58. The van der Waals surface area contributed by atoms with Crippen LogP contribution in [0.3, 0.4) is 0 Å². The van der Waals surface area contributed by atoms with Crippen molar-refractivity contribution in [3.63, 3.8) is 0 Å². The van der Waals surface area contributed by atoms with Gasteiger partial charge >= 0.3 is 18.3 Å². The van der Waals surface area contributed by atoms with Gasteiger partial charge in [-0.2, -0.15) is 26.3 Å². The molecule has 0 fully saturated rings. The summed E-state index contributed by atoms with van der Waals surface area (Å²) in [6, 6.07) is 18.4. The maximum absolute atomic E-state index is 13.7. The third-order valence-electron chi connectivity index (χ3n) is 6.77. The summed E-state index contributed by atoms with van der Waals surface area (Å²) in [5.41, 5.74) is 1.83. The number of rotatable bonds is 12. The molecule has 222 valence electrons. The number of benzene rings is 3. The second-order valence-corrected chi connectivity index (χ2v) is 9.73. The van der Waals surface area contributed by atoms with E-state index in [-0.39, 0.29) is 37.6 Å². The molecule has 0 spiro atoms. The van der Waals surface area contributed by atoms with Gasteiger partial charge in [-0.05, 0) is 54.7 Å². The SMILES string of the molecule is C[C@@H](OC[C@@](CCC(O)CN)(C(=O)OCc1ccccc1)c1ccccc1)c1cc(C(F)(F)F)cc(C(F)(F)F)c1. The maximum Gasteiger partial charge on any atom is 0.416 e. The highest BCUT2D eigenvalue weighted by atomic mass is 19.4. The molecule has 0 saturated carbocycles. The summed E-state index contributed by atoms with van der Waals surface area (Å²) in [6.45, 7) is 0.660. The fourth-order valence-electron chi connectivity index (χ4n) is 4.31. The van der Waals surface area contributed by atoms with Gasteiger partial charge in [0.1, 0.15) is 12.0 Å². The minimum atomic E-state index is -5.02. The van der Waals surface area contributed by atoms with Crippen molar-refractivity contribution in [2.45, 2.75) is 56.3 Å². The molecule has 3 N–H and O–H groups in total. The zero-order valence-electron chi connectivity index (χ0n) is 22.2. The quantitative estimate of drug-likeness (QED) is 0.186. The van der Waals surface area contributed by atoms with E-state index in [1.165, 1.54) is 6.92 Å². The lowest BCUT2D eigenvalue weighted by molar-refractivity contribution is -0.156. The minimum absolute atomic E-state index is 0.0217. The first kappa shape index (κ1) is 32.1. The minimum Gasteiger partial charge on any atom is -0.460 e. The summed E-state index contributed by atoms with van der Waals surface area (Å²) in [6.07, 6.45) is -12.3. The number of hydrogen-bond acceptors (Lipinski definition) is 5. The van der Waals surface area contributed by atoms with Crippen molar-refractivity contribution < 1.29 is 45.7 Å². The maximum atomic E-state index is 13.7. The number of carbonyl (C=O) groups excluding carboxylic acids is 1. The van der Waals surface area contributed by atoms with E-state index in [1.807, 2.05) is 0 Å². The van der Waals surface area contributed by atoms with E-state index in [0.29, 0.717) is 23.3 Å². The fourth-order valence-corrected chi connectivity index (χ4v) is 4.31. The Kier molecular flexibility index (Phi) is 10.6. The molecule has 3 aromatic rings. The summed E-state index contributed by atoms with van der Waals surface area (Å²) in [5, 5.41) is 10.2. The van der Waals surface area contributed by atoms with Crippen LogP contribution in [-0.2, 0) is 38.6 Å². The monoisotopic (exact) mass is 583 g/mol. The lowest BCUT2D eigenvalue weighted by Crippen LogP contribution is -2.43. The number of aliphatic hydroxyl groups is 1. The molecule has 3 aromatic carbocycles. The molecule has 0 amide bonds. The van der Waals surface area contributed by atoms with Gasteiger partial charge in [0, 0.05) is 6.54 Å². The number of ether oxygens (including phenoxy) is 2. The van der Waals surface area contributed by atoms with Gasteiger partial charge in [-0.15, -0.1) is 0 Å². The van der Waals surface area contributed by atoms with Crippen molar-refractivity contribution in [3.05, 3.63) is 107 Å². The molecule has 0 heterocycles. The molecule has 3 rings (SSSR count). The van der Waals surface area contributed by atoms with Gasteiger partial charge < -0.3 is 20.3 Å². The summed E-state index contributed by atoms with van der Waals surface area (Å²) >= 11 is 0. The molecule has 1 unspecified atom stereocenters. The Morgan fingerprint density at radius 2 is 1.39 bits per heavy atom. The van der Waals surface area contributed by atoms with Crippen LogP contribution in [0, 0.1) is 0 Å². The fraction of sp³-hybridized carbons (Fsp3) is 0.367. The number of halogens is 6. The topological polar surface area (TPSA) is 81.8 Å². The van der Waals surface area contributed by atoms with Crippen molar-refractivity contribution in [1.82, 2.24) is 0 Å². The second-order valence-electron chi connectivity index (χ2n) is 9.73. The van der Waals surface area contributed by atoms with Gasteiger partial charge in [-0.1, -0.05) is 60.7 Å². The highest BCUT2D eigenvalue weighted by molar-refractivity contribution is 5.83. The largest absolute Gasteiger partial charge is 0.460 e. The summed E-state index contributed by atoms with van der Waals surface area (Å²) in [5.74, 6) is -0.732. The van der Waals surface area contributed by atoms with Gasteiger partial charge in [-0.3, -0.25) is 4.79 Å². The Morgan fingerprint density at radius 1 is 0.854 bits per heavy atom. The van der Waals surface area contributed by atoms with Crippen molar-refractivity contribution >= 4 is 5.97 Å². The van der Waals surface area contributed by atoms with E-state index in [2.05, 4.69) is 0 Å². The zero-order valence-corrected chi connectivity index (χ0v) is 22.2. The first-order valence-corrected chi connectivity index (χ1v) is 12.8. The molecule has 0 saturated heterocycles. The van der Waals surface area contributed by atoms with Crippen LogP contribution in [0.25, 0.3) is 0 Å². The predicted molar refractivity (Wildman–Crippen MR) is 139 cm³/mol. The molecular weight excluding hydrogens is 552 g/mol. The average molecular weight is 584 g/mol. The van der Waals surface area contributed by atoms with E-state index in [1.54, 1.807) is 60.7 Å². The Morgan fingerprint density at radius 3 is 1.90 bits per heavy atom. The molecule has 0 aliphatic carbocycles. The van der Waals surface area contributed by atoms with Crippen molar-refractivity contribution in [1.29, 1.82) is 0 Å². The van der Waals surface area contributed by atoms with Crippen LogP contribution in [-0.4, -0.2) is 30.3 Å². The summed E-state index contributed by atoms with van der Waals surface area (Å²) < 4.78 is 92.1.